The maximum atomic E-state index is 14.5. The number of hydrogen-bond acceptors (Lipinski definition) is 4. The van der Waals surface area contributed by atoms with Crippen LogP contribution in [-0.4, -0.2) is 43.8 Å². The number of benzene rings is 4. The van der Waals surface area contributed by atoms with Gasteiger partial charge in [0.25, 0.3) is 10.0 Å². The van der Waals surface area contributed by atoms with E-state index in [-0.39, 0.29) is 45.5 Å². The first-order valence-corrected chi connectivity index (χ1v) is 17.0. The molecule has 0 unspecified atom stereocenters. The number of nitrogens with zero attached hydrogens (tertiary/aromatic N) is 2. The first-order valence-electron chi connectivity index (χ1n) is 14.4. The molecule has 0 aliphatic heterocycles. The first kappa shape index (κ1) is 34.3. The molecule has 0 fully saturated rings. The fourth-order valence-corrected chi connectivity index (χ4v) is 6.52. The van der Waals surface area contributed by atoms with Gasteiger partial charge < -0.3 is 10.2 Å². The molecule has 7 nitrogen and oxygen atoms in total. The van der Waals surface area contributed by atoms with Crippen molar-refractivity contribution in [2.45, 2.75) is 50.2 Å². The first-order chi connectivity index (χ1) is 21.5. The Morgan fingerprint density at radius 2 is 1.42 bits per heavy atom. The lowest BCUT2D eigenvalue weighted by atomic mass is 10.0. The van der Waals surface area contributed by atoms with Crippen LogP contribution in [0.15, 0.2) is 108 Å². The van der Waals surface area contributed by atoms with Gasteiger partial charge in [0, 0.05) is 24.0 Å². The van der Waals surface area contributed by atoms with Crippen LogP contribution < -0.4 is 9.62 Å². The second kappa shape index (κ2) is 15.6. The highest BCUT2D eigenvalue weighted by Gasteiger charge is 2.35. The Labute approximate surface area is 279 Å². The Morgan fingerprint density at radius 1 is 0.800 bits per heavy atom. The minimum Gasteiger partial charge on any atom is -0.352 e. The van der Waals surface area contributed by atoms with E-state index in [1.54, 1.807) is 42.5 Å². The van der Waals surface area contributed by atoms with Gasteiger partial charge in [-0.1, -0.05) is 102 Å². The van der Waals surface area contributed by atoms with Crippen LogP contribution in [0.5, 0.6) is 0 Å². The highest BCUT2D eigenvalue weighted by Crippen LogP contribution is 2.31. The molecule has 0 saturated heterocycles. The van der Waals surface area contributed by atoms with Crippen molar-refractivity contribution in [2.75, 3.05) is 10.8 Å². The lowest BCUT2D eigenvalue weighted by Crippen LogP contribution is -2.54. The van der Waals surface area contributed by atoms with Gasteiger partial charge in [-0.05, 0) is 66.9 Å². The predicted molar refractivity (Wildman–Crippen MR) is 181 cm³/mol. The number of anilines is 1. The van der Waals surface area contributed by atoms with Crippen molar-refractivity contribution in [1.82, 2.24) is 10.2 Å². The number of halogens is 3. The Kier molecular flexibility index (Phi) is 11.9. The zero-order valence-corrected chi connectivity index (χ0v) is 28.0. The van der Waals surface area contributed by atoms with E-state index in [2.05, 4.69) is 5.32 Å². The van der Waals surface area contributed by atoms with E-state index in [4.69, 9.17) is 34.8 Å². The van der Waals surface area contributed by atoms with Crippen molar-refractivity contribution in [3.8, 4) is 0 Å². The van der Waals surface area contributed by atoms with Crippen molar-refractivity contribution in [3.63, 3.8) is 0 Å². The zero-order chi connectivity index (χ0) is 32.6. The summed E-state index contributed by atoms with van der Waals surface area (Å²) in [5.74, 6) is -0.932. The van der Waals surface area contributed by atoms with Gasteiger partial charge in [-0.3, -0.25) is 13.9 Å². The van der Waals surface area contributed by atoms with Crippen LogP contribution in [-0.2, 0) is 32.6 Å². The number of carbonyl (C=O) groups excluding carboxylic acids is 2. The molecule has 0 aliphatic rings. The van der Waals surface area contributed by atoms with Crippen LogP contribution >= 0.6 is 34.8 Å². The molecule has 0 saturated carbocycles. The molecule has 4 aromatic rings. The summed E-state index contributed by atoms with van der Waals surface area (Å²) in [5, 5.41) is 3.90. The SMILES string of the molecule is CC[C@@H](C)NC(=O)[C@H](Cc1ccccc1)N(Cc1ccc(Cl)cc1)C(=O)CN(c1ccc(Cl)c(Cl)c1)S(=O)(=O)c1ccccc1. The van der Waals surface area contributed by atoms with Crippen LogP contribution in [0.3, 0.4) is 0 Å². The third-order valence-corrected chi connectivity index (χ3v) is 10.1. The van der Waals surface area contributed by atoms with Gasteiger partial charge in [-0.15, -0.1) is 0 Å². The third kappa shape index (κ3) is 9.01. The molecule has 0 heterocycles. The Morgan fingerprint density at radius 3 is 2.02 bits per heavy atom. The van der Waals surface area contributed by atoms with Gasteiger partial charge in [-0.25, -0.2) is 8.42 Å². The van der Waals surface area contributed by atoms with Crippen molar-refractivity contribution < 1.29 is 18.0 Å². The van der Waals surface area contributed by atoms with Crippen molar-refractivity contribution in [2.24, 2.45) is 0 Å². The van der Waals surface area contributed by atoms with E-state index in [0.29, 0.717) is 17.0 Å². The summed E-state index contributed by atoms with van der Waals surface area (Å²) < 4.78 is 29.1. The number of rotatable bonds is 13. The Bertz CT molecular complexity index is 1710. The van der Waals surface area contributed by atoms with Crippen LogP contribution in [0.4, 0.5) is 5.69 Å². The normalized spacial score (nSPS) is 12.6. The summed E-state index contributed by atoms with van der Waals surface area (Å²) in [5.41, 5.74) is 1.71. The van der Waals surface area contributed by atoms with E-state index in [9.17, 15) is 18.0 Å². The summed E-state index contributed by atoms with van der Waals surface area (Å²) in [6.07, 6.45) is 0.899. The standard InChI is InChI=1S/C34H34Cl3N3O4S/c1-3-24(2)38-34(42)32(20-25-10-6-4-7-11-25)39(22-26-14-16-27(35)17-15-26)33(41)23-40(28-18-19-30(36)31(37)21-28)45(43,44)29-12-8-5-9-13-29/h4-19,21,24,32H,3,20,22-23H2,1-2H3,(H,38,42)/t24-,32+/m1/s1. The second-order valence-electron chi connectivity index (χ2n) is 10.6. The Balaban J connectivity index is 1.81. The fourth-order valence-electron chi connectivity index (χ4n) is 4.67. The van der Waals surface area contributed by atoms with Gasteiger partial charge in [0.1, 0.15) is 12.6 Å². The average Bonchev–Trinajstić information content (AvgIpc) is 3.04. The van der Waals surface area contributed by atoms with Crippen molar-refractivity contribution in [3.05, 3.63) is 129 Å². The molecule has 0 aromatic heterocycles. The zero-order valence-electron chi connectivity index (χ0n) is 24.9. The van der Waals surface area contributed by atoms with E-state index >= 15 is 0 Å². The quantitative estimate of drug-likeness (QED) is 0.159. The molecule has 236 valence electrons. The van der Waals surface area contributed by atoms with Crippen molar-refractivity contribution >= 4 is 62.3 Å². The molecule has 45 heavy (non-hydrogen) atoms. The maximum Gasteiger partial charge on any atom is 0.264 e. The van der Waals surface area contributed by atoms with Gasteiger partial charge >= 0.3 is 0 Å². The number of carbonyl (C=O) groups is 2. The lowest BCUT2D eigenvalue weighted by Gasteiger charge is -2.34. The summed E-state index contributed by atoms with van der Waals surface area (Å²) in [4.78, 5) is 29.8. The number of sulfonamides is 1. The minimum absolute atomic E-state index is 0.0107. The summed E-state index contributed by atoms with van der Waals surface area (Å²) >= 11 is 18.6. The molecule has 0 spiro atoms. The van der Waals surface area contributed by atoms with Gasteiger partial charge in [-0.2, -0.15) is 0 Å². The molecule has 0 aliphatic carbocycles. The van der Waals surface area contributed by atoms with E-state index in [0.717, 1.165) is 9.87 Å². The second-order valence-corrected chi connectivity index (χ2v) is 13.7. The van der Waals surface area contributed by atoms with Crippen LogP contribution in [0, 0.1) is 0 Å². The maximum absolute atomic E-state index is 14.5. The molecule has 0 bridgehead atoms. The largest absolute Gasteiger partial charge is 0.352 e. The summed E-state index contributed by atoms with van der Waals surface area (Å²) in [6, 6.07) is 27.4. The molecule has 4 rings (SSSR count). The molecule has 4 aromatic carbocycles. The lowest BCUT2D eigenvalue weighted by molar-refractivity contribution is -0.140. The predicted octanol–water partition coefficient (Wildman–Crippen LogP) is 7.40. The summed E-state index contributed by atoms with van der Waals surface area (Å²) in [7, 11) is -4.25. The number of nitrogens with one attached hydrogen (secondary N) is 1. The van der Waals surface area contributed by atoms with E-state index in [1.165, 1.54) is 35.2 Å². The van der Waals surface area contributed by atoms with Gasteiger partial charge in [0.05, 0.1) is 20.6 Å². The number of amides is 2. The molecule has 0 radical (unpaired) electrons. The molecule has 2 atom stereocenters. The molecule has 1 N–H and O–H groups in total. The van der Waals surface area contributed by atoms with Crippen molar-refractivity contribution in [1.29, 1.82) is 0 Å². The van der Waals surface area contributed by atoms with Crippen LogP contribution in [0.2, 0.25) is 15.1 Å². The smallest absolute Gasteiger partial charge is 0.264 e. The van der Waals surface area contributed by atoms with E-state index in [1.807, 2.05) is 44.2 Å². The van der Waals surface area contributed by atoms with Gasteiger partial charge in [0.15, 0.2) is 0 Å². The summed E-state index contributed by atoms with van der Waals surface area (Å²) in [6.45, 7) is 3.27. The highest BCUT2D eigenvalue weighted by atomic mass is 35.5. The van der Waals surface area contributed by atoms with E-state index < -0.39 is 28.5 Å². The molecule has 11 heteroatoms. The monoisotopic (exact) mass is 685 g/mol. The minimum atomic E-state index is -4.25. The highest BCUT2D eigenvalue weighted by molar-refractivity contribution is 7.92. The van der Waals surface area contributed by atoms with Crippen LogP contribution in [0.1, 0.15) is 31.4 Å². The number of hydrogen-bond donors (Lipinski definition) is 1. The molecular weight excluding hydrogens is 653 g/mol. The third-order valence-electron chi connectivity index (χ3n) is 7.34. The molecular formula is C34H34Cl3N3O4S. The average molecular weight is 687 g/mol. The molecule has 2 amide bonds. The topological polar surface area (TPSA) is 86.8 Å². The van der Waals surface area contributed by atoms with Crippen LogP contribution in [0.25, 0.3) is 0 Å². The fraction of sp³-hybridized carbons (Fsp3) is 0.235. The van der Waals surface area contributed by atoms with Gasteiger partial charge in [0.2, 0.25) is 11.8 Å². The Hall–Kier alpha value is -3.56.